The molecule has 7 heteroatoms. The second kappa shape index (κ2) is 9.59. The smallest absolute Gasteiger partial charge is 0.410 e. The van der Waals surface area contributed by atoms with Gasteiger partial charge in [-0.15, -0.1) is 11.3 Å². The van der Waals surface area contributed by atoms with Gasteiger partial charge in [-0.1, -0.05) is 18.2 Å². The molecule has 1 atom stereocenters. The van der Waals surface area contributed by atoms with E-state index in [1.54, 1.807) is 42.6 Å². The molecule has 28 heavy (non-hydrogen) atoms. The summed E-state index contributed by atoms with van der Waals surface area (Å²) in [5.74, 6) is -0.000858. The highest BCUT2D eigenvalue weighted by atomic mass is 32.1. The number of hydrogen-bond acceptors (Lipinski definition) is 6. The molecule has 1 unspecified atom stereocenters. The summed E-state index contributed by atoms with van der Waals surface area (Å²) in [5, 5.41) is 1.97. The molecular weight excluding hydrogens is 378 g/mol. The van der Waals surface area contributed by atoms with Crippen molar-refractivity contribution < 1.29 is 23.8 Å². The summed E-state index contributed by atoms with van der Waals surface area (Å²) < 4.78 is 16.4. The number of thiophene rings is 1. The fourth-order valence-corrected chi connectivity index (χ4v) is 3.27. The summed E-state index contributed by atoms with van der Waals surface area (Å²) in [6.45, 7) is 5.94. The van der Waals surface area contributed by atoms with Gasteiger partial charge in [-0.2, -0.15) is 0 Å². The van der Waals surface area contributed by atoms with E-state index in [0.29, 0.717) is 24.3 Å². The summed E-state index contributed by atoms with van der Waals surface area (Å²) in [6, 6.07) is 10.9. The molecule has 0 bridgehead atoms. The molecule has 0 radical (unpaired) electrons. The third kappa shape index (κ3) is 6.27. The minimum absolute atomic E-state index is 0.310. The van der Waals surface area contributed by atoms with E-state index in [9.17, 15) is 9.59 Å². The Bertz CT molecular complexity index is 782. The van der Waals surface area contributed by atoms with E-state index in [0.717, 1.165) is 4.88 Å². The van der Waals surface area contributed by atoms with Crippen LogP contribution in [0, 0.1) is 0 Å². The first-order chi connectivity index (χ1) is 13.2. The highest BCUT2D eigenvalue weighted by Crippen LogP contribution is 2.30. The predicted molar refractivity (Wildman–Crippen MR) is 109 cm³/mol. The minimum Gasteiger partial charge on any atom is -0.484 e. The summed E-state index contributed by atoms with van der Waals surface area (Å²) in [7, 11) is 3.04. The third-order valence-electron chi connectivity index (χ3n) is 3.85. The van der Waals surface area contributed by atoms with Gasteiger partial charge in [-0.05, 0) is 44.4 Å². The number of rotatable bonds is 7. The summed E-state index contributed by atoms with van der Waals surface area (Å²) in [5.41, 5.74) is -0.180. The van der Waals surface area contributed by atoms with E-state index in [-0.39, 0.29) is 12.2 Å². The number of esters is 1. The van der Waals surface area contributed by atoms with Gasteiger partial charge in [-0.3, -0.25) is 0 Å². The van der Waals surface area contributed by atoms with Crippen molar-refractivity contribution in [1.82, 2.24) is 4.90 Å². The van der Waals surface area contributed by atoms with Crippen LogP contribution >= 0.6 is 11.3 Å². The van der Waals surface area contributed by atoms with Crippen molar-refractivity contribution in [3.8, 4) is 5.75 Å². The van der Waals surface area contributed by atoms with E-state index in [1.807, 2.05) is 38.3 Å². The van der Waals surface area contributed by atoms with Crippen LogP contribution in [0.5, 0.6) is 5.75 Å². The van der Waals surface area contributed by atoms with Crippen LogP contribution in [0.1, 0.15) is 48.5 Å². The van der Waals surface area contributed by atoms with Crippen molar-refractivity contribution in [2.45, 2.75) is 38.9 Å². The molecule has 0 aliphatic carbocycles. The van der Waals surface area contributed by atoms with Gasteiger partial charge in [0.25, 0.3) is 0 Å². The van der Waals surface area contributed by atoms with Gasteiger partial charge in [0.15, 0.2) is 0 Å². The average molecular weight is 406 g/mol. The van der Waals surface area contributed by atoms with Crippen LogP contribution in [-0.4, -0.2) is 43.3 Å². The molecule has 0 aliphatic heterocycles. The van der Waals surface area contributed by atoms with Crippen molar-refractivity contribution in [3.05, 3.63) is 52.2 Å². The lowest BCUT2D eigenvalue weighted by molar-refractivity contribution is 0.0279. The van der Waals surface area contributed by atoms with Gasteiger partial charge in [0.1, 0.15) is 23.0 Å². The normalized spacial score (nSPS) is 12.2. The SMILES string of the molecule is COC(=O)c1ccccc1OC(CCN(C)C(=O)OC(C)(C)C)c1cccs1. The Hall–Kier alpha value is -2.54. The van der Waals surface area contributed by atoms with Crippen LogP contribution in [0.2, 0.25) is 0 Å². The molecule has 0 N–H and O–H groups in total. The lowest BCUT2D eigenvalue weighted by atomic mass is 10.1. The van der Waals surface area contributed by atoms with E-state index < -0.39 is 11.6 Å². The second-order valence-electron chi connectivity index (χ2n) is 7.30. The molecular formula is C21H27NO5S. The summed E-state index contributed by atoms with van der Waals surface area (Å²) >= 11 is 1.56. The molecule has 0 spiro atoms. The van der Waals surface area contributed by atoms with Crippen molar-refractivity contribution in [1.29, 1.82) is 0 Å². The van der Waals surface area contributed by atoms with Gasteiger partial charge in [0.2, 0.25) is 0 Å². The van der Waals surface area contributed by atoms with Crippen LogP contribution in [0.15, 0.2) is 41.8 Å². The Morgan fingerprint density at radius 2 is 1.86 bits per heavy atom. The number of ether oxygens (including phenoxy) is 3. The van der Waals surface area contributed by atoms with Crippen molar-refractivity contribution in [2.75, 3.05) is 20.7 Å². The zero-order valence-corrected chi connectivity index (χ0v) is 17.7. The average Bonchev–Trinajstić information content (AvgIpc) is 3.17. The minimum atomic E-state index is -0.547. The van der Waals surface area contributed by atoms with Gasteiger partial charge in [0, 0.05) is 24.9 Å². The van der Waals surface area contributed by atoms with Crippen molar-refractivity contribution in [2.24, 2.45) is 0 Å². The van der Waals surface area contributed by atoms with E-state index in [1.165, 1.54) is 12.0 Å². The van der Waals surface area contributed by atoms with Gasteiger partial charge < -0.3 is 19.1 Å². The molecule has 1 aromatic heterocycles. The summed E-state index contributed by atoms with van der Waals surface area (Å²) in [6.07, 6.45) is -0.144. The Kier molecular flexibility index (Phi) is 7.45. The molecule has 1 heterocycles. The van der Waals surface area contributed by atoms with Crippen LogP contribution in [-0.2, 0) is 9.47 Å². The third-order valence-corrected chi connectivity index (χ3v) is 4.82. The fourth-order valence-electron chi connectivity index (χ4n) is 2.48. The van der Waals surface area contributed by atoms with Gasteiger partial charge in [0.05, 0.1) is 7.11 Å². The summed E-state index contributed by atoms with van der Waals surface area (Å²) in [4.78, 5) is 26.8. The fraction of sp³-hybridized carbons (Fsp3) is 0.429. The van der Waals surface area contributed by atoms with Crippen LogP contribution in [0.4, 0.5) is 4.79 Å². The Morgan fingerprint density at radius 3 is 2.46 bits per heavy atom. The number of carbonyl (C=O) groups excluding carboxylic acids is 2. The Labute approximate surface area is 170 Å². The lowest BCUT2D eigenvalue weighted by Gasteiger charge is -2.26. The van der Waals surface area contributed by atoms with E-state index in [2.05, 4.69) is 0 Å². The van der Waals surface area contributed by atoms with E-state index >= 15 is 0 Å². The number of carbonyl (C=O) groups is 2. The lowest BCUT2D eigenvalue weighted by Crippen LogP contribution is -2.35. The van der Waals surface area contributed by atoms with Gasteiger partial charge >= 0.3 is 12.1 Å². The highest BCUT2D eigenvalue weighted by molar-refractivity contribution is 7.10. The molecule has 152 valence electrons. The van der Waals surface area contributed by atoms with E-state index in [4.69, 9.17) is 14.2 Å². The molecule has 1 aromatic carbocycles. The van der Waals surface area contributed by atoms with Crippen molar-refractivity contribution in [3.63, 3.8) is 0 Å². The molecule has 2 aromatic rings. The Morgan fingerprint density at radius 1 is 1.14 bits per heavy atom. The molecule has 1 amide bonds. The predicted octanol–water partition coefficient (Wildman–Crippen LogP) is 4.91. The molecule has 0 saturated carbocycles. The van der Waals surface area contributed by atoms with Crippen LogP contribution < -0.4 is 4.74 Å². The first-order valence-electron chi connectivity index (χ1n) is 9.03. The second-order valence-corrected chi connectivity index (χ2v) is 8.28. The monoisotopic (exact) mass is 405 g/mol. The first kappa shape index (κ1) is 21.8. The quantitative estimate of drug-likeness (QED) is 0.612. The number of hydrogen-bond donors (Lipinski definition) is 0. The topological polar surface area (TPSA) is 65.1 Å². The van der Waals surface area contributed by atoms with Crippen molar-refractivity contribution >= 4 is 23.4 Å². The molecule has 6 nitrogen and oxygen atoms in total. The van der Waals surface area contributed by atoms with Crippen LogP contribution in [0.25, 0.3) is 0 Å². The van der Waals surface area contributed by atoms with Crippen LogP contribution in [0.3, 0.4) is 0 Å². The zero-order valence-electron chi connectivity index (χ0n) is 16.9. The zero-order chi connectivity index (χ0) is 20.7. The molecule has 2 rings (SSSR count). The maximum atomic E-state index is 12.2. The highest BCUT2D eigenvalue weighted by Gasteiger charge is 2.23. The number of methoxy groups -OCH3 is 1. The number of amides is 1. The number of nitrogens with zero attached hydrogens (tertiary/aromatic N) is 1. The maximum Gasteiger partial charge on any atom is 0.410 e. The molecule has 0 aliphatic rings. The Balaban J connectivity index is 2.13. The number of para-hydroxylation sites is 1. The van der Waals surface area contributed by atoms with Gasteiger partial charge in [-0.25, -0.2) is 9.59 Å². The number of benzene rings is 1. The first-order valence-corrected chi connectivity index (χ1v) is 9.90. The standard InChI is InChI=1S/C21H27NO5S/c1-21(2,3)27-20(24)22(4)13-12-17(18-11-8-14-28-18)26-16-10-7-6-9-15(16)19(23)25-5/h6-11,14,17H,12-13H2,1-5H3. The maximum absolute atomic E-state index is 12.2. The molecule has 0 saturated heterocycles. The largest absolute Gasteiger partial charge is 0.484 e. The molecule has 0 fully saturated rings.